The molecular weight excluding hydrogens is 416 g/mol. The predicted octanol–water partition coefficient (Wildman–Crippen LogP) is 6.90. The molecule has 0 aliphatic carbocycles. The van der Waals surface area contributed by atoms with Crippen LogP contribution in [0.15, 0.2) is 132 Å². The van der Waals surface area contributed by atoms with Gasteiger partial charge in [0, 0.05) is 17.4 Å². The summed E-state index contributed by atoms with van der Waals surface area (Å²) in [6, 6.07) is 42.1. The first-order valence-corrected chi connectivity index (χ1v) is 11.8. The molecule has 0 aromatic heterocycles. The van der Waals surface area contributed by atoms with Gasteiger partial charge >= 0.3 is 5.97 Å². The molecule has 0 bridgehead atoms. The molecule has 168 valence electrons. The lowest BCUT2D eigenvalue weighted by atomic mass is 9.65. The first kappa shape index (κ1) is 21.9. The third-order valence-corrected chi connectivity index (χ3v) is 6.95. The fraction of sp³-hybridized carbons (Fsp3) is 0.156. The van der Waals surface area contributed by atoms with Gasteiger partial charge in [-0.1, -0.05) is 121 Å². The van der Waals surface area contributed by atoms with E-state index in [0.29, 0.717) is 12.8 Å². The molecule has 0 N–H and O–H groups in total. The maximum Gasteiger partial charge on any atom is 0.334 e. The highest BCUT2D eigenvalue weighted by atomic mass is 16.5. The molecule has 2 heteroatoms. The van der Waals surface area contributed by atoms with Gasteiger partial charge in [0.15, 0.2) is 0 Å². The van der Waals surface area contributed by atoms with Crippen LogP contribution < -0.4 is 0 Å². The molecule has 0 saturated carbocycles. The third kappa shape index (κ3) is 4.08. The molecule has 1 aliphatic rings. The first-order valence-electron chi connectivity index (χ1n) is 11.8. The third-order valence-electron chi connectivity index (χ3n) is 6.95. The number of hydrogen-bond acceptors (Lipinski definition) is 2. The summed E-state index contributed by atoms with van der Waals surface area (Å²) in [6.07, 6.45) is 1.07. The Kier molecular flexibility index (Phi) is 6.14. The zero-order valence-electron chi connectivity index (χ0n) is 19.4. The van der Waals surface area contributed by atoms with Gasteiger partial charge in [-0.15, -0.1) is 0 Å². The normalized spacial score (nSPS) is 15.9. The first-order chi connectivity index (χ1) is 16.7. The highest BCUT2D eigenvalue weighted by Crippen LogP contribution is 2.46. The van der Waals surface area contributed by atoms with Crippen molar-refractivity contribution in [2.24, 2.45) is 0 Å². The molecule has 0 saturated heterocycles. The molecule has 4 aromatic carbocycles. The minimum Gasteiger partial charge on any atom is -0.454 e. The Balaban J connectivity index is 1.68. The number of benzene rings is 4. The standard InChI is InChI=1S/C32H28O2/c1-24-29(30(34-31(24)33)22-25-14-6-2-7-15-25)23-32(26-16-8-3-9-17-26,27-18-10-4-11-19-27)28-20-12-5-13-21-28/h2-21,30H,22-23H2,1H3. The molecule has 0 amide bonds. The van der Waals surface area contributed by atoms with Gasteiger partial charge in [-0.3, -0.25) is 0 Å². The fourth-order valence-electron chi connectivity index (χ4n) is 5.16. The van der Waals surface area contributed by atoms with E-state index in [1.165, 1.54) is 16.7 Å². The van der Waals surface area contributed by atoms with Crippen LogP contribution >= 0.6 is 0 Å². The lowest BCUT2D eigenvalue weighted by molar-refractivity contribution is -0.139. The van der Waals surface area contributed by atoms with Crippen LogP contribution in [0.5, 0.6) is 0 Å². The number of carbonyl (C=O) groups excluding carboxylic acids is 1. The second kappa shape index (κ2) is 9.52. The van der Waals surface area contributed by atoms with Crippen molar-refractivity contribution in [1.29, 1.82) is 0 Å². The lowest BCUT2D eigenvalue weighted by Gasteiger charge is -2.37. The quantitative estimate of drug-likeness (QED) is 0.229. The van der Waals surface area contributed by atoms with E-state index >= 15 is 0 Å². The van der Waals surface area contributed by atoms with E-state index in [0.717, 1.165) is 16.7 Å². The van der Waals surface area contributed by atoms with Crippen molar-refractivity contribution in [3.63, 3.8) is 0 Å². The average molecular weight is 445 g/mol. The summed E-state index contributed by atoms with van der Waals surface area (Å²) in [4.78, 5) is 12.8. The summed E-state index contributed by atoms with van der Waals surface area (Å²) < 4.78 is 5.93. The second-order valence-electron chi connectivity index (χ2n) is 8.91. The molecule has 5 rings (SSSR count). The van der Waals surface area contributed by atoms with Gasteiger partial charge in [0.05, 0.1) is 0 Å². The highest BCUT2D eigenvalue weighted by Gasteiger charge is 2.42. The fourth-order valence-corrected chi connectivity index (χ4v) is 5.16. The summed E-state index contributed by atoms with van der Waals surface area (Å²) in [5.74, 6) is -0.209. The van der Waals surface area contributed by atoms with E-state index in [1.807, 2.05) is 25.1 Å². The maximum atomic E-state index is 12.8. The minimum absolute atomic E-state index is 0.209. The molecular formula is C32H28O2. The Labute approximate surface area is 201 Å². The van der Waals surface area contributed by atoms with Gasteiger partial charge in [0.2, 0.25) is 0 Å². The topological polar surface area (TPSA) is 26.3 Å². The van der Waals surface area contributed by atoms with Gasteiger partial charge < -0.3 is 4.74 Å². The van der Waals surface area contributed by atoms with Crippen molar-refractivity contribution in [3.05, 3.63) is 155 Å². The zero-order chi connectivity index (χ0) is 23.4. The summed E-state index contributed by atoms with van der Waals surface area (Å²) >= 11 is 0. The average Bonchev–Trinajstić information content (AvgIpc) is 3.16. The monoisotopic (exact) mass is 444 g/mol. The molecule has 1 heterocycles. The van der Waals surface area contributed by atoms with Crippen molar-refractivity contribution < 1.29 is 9.53 Å². The second-order valence-corrected chi connectivity index (χ2v) is 8.91. The lowest BCUT2D eigenvalue weighted by Crippen LogP contribution is -2.32. The van der Waals surface area contributed by atoms with Crippen LogP contribution in [-0.2, 0) is 21.4 Å². The molecule has 1 unspecified atom stereocenters. The number of esters is 1. The minimum atomic E-state index is -0.455. The zero-order valence-corrected chi connectivity index (χ0v) is 19.4. The molecule has 0 spiro atoms. The van der Waals surface area contributed by atoms with Crippen molar-refractivity contribution in [1.82, 2.24) is 0 Å². The molecule has 1 atom stereocenters. The van der Waals surface area contributed by atoms with Crippen LogP contribution in [-0.4, -0.2) is 12.1 Å². The Morgan fingerprint density at radius 3 is 1.50 bits per heavy atom. The molecule has 0 fully saturated rings. The molecule has 34 heavy (non-hydrogen) atoms. The predicted molar refractivity (Wildman–Crippen MR) is 137 cm³/mol. The van der Waals surface area contributed by atoms with Crippen molar-refractivity contribution >= 4 is 5.97 Å². The molecule has 0 radical (unpaired) electrons. The van der Waals surface area contributed by atoms with E-state index in [4.69, 9.17) is 4.74 Å². The Morgan fingerprint density at radius 2 is 1.06 bits per heavy atom. The van der Waals surface area contributed by atoms with E-state index in [1.54, 1.807) is 0 Å². The summed E-state index contributed by atoms with van der Waals surface area (Å²) in [7, 11) is 0. The summed E-state index contributed by atoms with van der Waals surface area (Å²) in [6.45, 7) is 1.91. The SMILES string of the molecule is CC1=C(CC(c2ccccc2)(c2ccccc2)c2ccccc2)C(Cc2ccccc2)OC1=O. The number of carbonyl (C=O) groups is 1. The van der Waals surface area contributed by atoms with Gasteiger partial charge in [0.1, 0.15) is 6.10 Å². The molecule has 4 aromatic rings. The highest BCUT2D eigenvalue weighted by molar-refractivity contribution is 5.91. The Bertz CT molecular complexity index is 1180. The van der Waals surface area contributed by atoms with E-state index in [9.17, 15) is 4.79 Å². The van der Waals surface area contributed by atoms with Gasteiger partial charge in [0.25, 0.3) is 0 Å². The van der Waals surface area contributed by atoms with Crippen LogP contribution in [0.2, 0.25) is 0 Å². The van der Waals surface area contributed by atoms with Crippen molar-refractivity contribution in [2.45, 2.75) is 31.3 Å². The van der Waals surface area contributed by atoms with Crippen molar-refractivity contribution in [2.75, 3.05) is 0 Å². The van der Waals surface area contributed by atoms with Crippen LogP contribution in [0.4, 0.5) is 0 Å². The van der Waals surface area contributed by atoms with Gasteiger partial charge in [-0.25, -0.2) is 4.79 Å². The van der Waals surface area contributed by atoms with E-state index < -0.39 is 5.41 Å². The summed E-state index contributed by atoms with van der Waals surface area (Å²) in [5, 5.41) is 0. The van der Waals surface area contributed by atoms with Crippen LogP contribution in [0, 0.1) is 0 Å². The van der Waals surface area contributed by atoms with Crippen molar-refractivity contribution in [3.8, 4) is 0 Å². The number of rotatable bonds is 7. The van der Waals surface area contributed by atoms with E-state index in [-0.39, 0.29) is 12.1 Å². The summed E-state index contributed by atoms with van der Waals surface area (Å²) in [5.41, 5.74) is 6.11. The molecule has 1 aliphatic heterocycles. The number of hydrogen-bond donors (Lipinski definition) is 0. The van der Waals surface area contributed by atoms with Crippen LogP contribution in [0.3, 0.4) is 0 Å². The van der Waals surface area contributed by atoms with Gasteiger partial charge in [-0.2, -0.15) is 0 Å². The largest absolute Gasteiger partial charge is 0.454 e. The van der Waals surface area contributed by atoms with Crippen LogP contribution in [0.25, 0.3) is 0 Å². The maximum absolute atomic E-state index is 12.8. The van der Waals surface area contributed by atoms with Crippen LogP contribution in [0.1, 0.15) is 35.6 Å². The van der Waals surface area contributed by atoms with Gasteiger partial charge in [-0.05, 0) is 41.2 Å². The number of cyclic esters (lactones) is 1. The van der Waals surface area contributed by atoms with E-state index in [2.05, 4.69) is 103 Å². The Morgan fingerprint density at radius 1 is 0.647 bits per heavy atom. The smallest absolute Gasteiger partial charge is 0.334 e. The number of ether oxygens (including phenoxy) is 1. The Hall–Kier alpha value is -3.91. The molecule has 2 nitrogen and oxygen atoms in total.